The summed E-state index contributed by atoms with van der Waals surface area (Å²) in [6.07, 6.45) is -2.23. The number of anilines is 4. The predicted octanol–water partition coefficient (Wildman–Crippen LogP) is 6.17. The summed E-state index contributed by atoms with van der Waals surface area (Å²) >= 11 is 0. The molecule has 19 nitrogen and oxygen atoms in total. The molecule has 4 aromatic carbocycles. The smallest absolute Gasteiger partial charge is 0.406 e. The number of halogens is 4. The van der Waals surface area contributed by atoms with E-state index in [1.165, 1.54) is 17.1 Å². The molecular formula is C58H75F4N11O8. The Morgan fingerprint density at radius 3 is 2.09 bits per heavy atom. The molecule has 23 heteroatoms. The predicted molar refractivity (Wildman–Crippen MR) is 306 cm³/mol. The maximum Gasteiger partial charge on any atom is 0.406 e. The van der Waals surface area contributed by atoms with Gasteiger partial charge in [0.15, 0.2) is 0 Å². The van der Waals surface area contributed by atoms with Gasteiger partial charge in [-0.25, -0.2) is 10.2 Å². The lowest BCUT2D eigenvalue weighted by Gasteiger charge is -2.28. The van der Waals surface area contributed by atoms with Crippen molar-refractivity contribution >= 4 is 45.2 Å². The fraction of sp³-hybridized carbons (Fsp3) is 0.448. The van der Waals surface area contributed by atoms with Gasteiger partial charge in [0.1, 0.15) is 30.0 Å². The molecule has 7 rings (SSSR count). The normalized spacial score (nSPS) is 15.4. The summed E-state index contributed by atoms with van der Waals surface area (Å²) in [6, 6.07) is 19.4. The Bertz CT molecular complexity index is 3000. The number of nitrogens with one attached hydrogen (secondary N) is 5. The topological polar surface area (TPSA) is 238 Å². The molecule has 1 aliphatic carbocycles. The zero-order chi connectivity index (χ0) is 57.9. The average molecular weight is 1130 g/mol. The molecule has 2 atom stereocenters. The van der Waals surface area contributed by atoms with Crippen LogP contribution in [0.4, 0.5) is 40.3 Å². The van der Waals surface area contributed by atoms with E-state index in [0.717, 1.165) is 10.3 Å². The van der Waals surface area contributed by atoms with E-state index in [9.17, 15) is 37.4 Å². The van der Waals surface area contributed by atoms with Gasteiger partial charge in [-0.1, -0.05) is 18.1 Å². The lowest BCUT2D eigenvalue weighted by atomic mass is 9.81. The minimum Gasteiger partial charge on any atom is -0.507 e. The summed E-state index contributed by atoms with van der Waals surface area (Å²) < 4.78 is 79.9. The number of aromatic hydroxyl groups is 2. The number of carbonyl (C=O) groups excluding carboxylic acids is 2. The van der Waals surface area contributed by atoms with Crippen LogP contribution in [-0.4, -0.2) is 186 Å². The quantitative estimate of drug-likeness (QED) is 0.00591. The molecule has 1 fully saturated rings. The van der Waals surface area contributed by atoms with Crippen molar-refractivity contribution in [3.05, 3.63) is 113 Å². The van der Waals surface area contributed by atoms with Crippen LogP contribution in [0.15, 0.2) is 84.7 Å². The first-order valence-electron chi connectivity index (χ1n) is 27.1. The van der Waals surface area contributed by atoms with Crippen LogP contribution >= 0.6 is 0 Å². The monoisotopic (exact) mass is 1130 g/mol. The highest BCUT2D eigenvalue weighted by Crippen LogP contribution is 2.42. The number of rotatable bonds is 31. The Morgan fingerprint density at radius 2 is 1.43 bits per heavy atom. The third kappa shape index (κ3) is 17.8. The maximum atomic E-state index is 14.6. The SMILES string of the molecule is CN(C)CCNc1ccc(NCCN(C)CCOCCOCCOCCN(N)/C=C(\N)CCCOc2cccc(NCC#Cc3cc4c(NC5CCNCC5F)cccc4n3CC(F)(F)F)c2)c2c1C(=O)c1c(O)ccc(O)c1C2=O. The summed E-state index contributed by atoms with van der Waals surface area (Å²) in [5.41, 5.74) is 9.45. The van der Waals surface area contributed by atoms with Crippen LogP contribution in [0.2, 0.25) is 0 Å². The fourth-order valence-corrected chi connectivity index (χ4v) is 9.33. The molecule has 0 spiro atoms. The number of piperidine rings is 1. The second-order valence-corrected chi connectivity index (χ2v) is 20.0. The molecule has 5 aromatic rings. The Morgan fingerprint density at radius 1 is 0.790 bits per heavy atom. The van der Waals surface area contributed by atoms with Gasteiger partial charge < -0.3 is 80.9 Å². The van der Waals surface area contributed by atoms with E-state index in [1.54, 1.807) is 42.6 Å². The van der Waals surface area contributed by atoms with Crippen LogP contribution in [0, 0.1) is 11.8 Å². The number of hydrazine groups is 1. The van der Waals surface area contributed by atoms with Gasteiger partial charge >= 0.3 is 6.18 Å². The second-order valence-electron chi connectivity index (χ2n) is 20.0. The summed E-state index contributed by atoms with van der Waals surface area (Å²) in [7, 11) is 5.80. The second kappa shape index (κ2) is 30.0. The summed E-state index contributed by atoms with van der Waals surface area (Å²) in [5.74, 6) is 10.8. The zero-order valence-electron chi connectivity index (χ0n) is 46.1. The average Bonchev–Trinajstić information content (AvgIpc) is 3.74. The Balaban J connectivity index is 0.727. The summed E-state index contributed by atoms with van der Waals surface area (Å²) in [4.78, 5) is 31.7. The van der Waals surface area contributed by atoms with Crippen molar-refractivity contribution in [2.45, 2.75) is 44.2 Å². The summed E-state index contributed by atoms with van der Waals surface area (Å²) in [6.45, 7) is 5.88. The van der Waals surface area contributed by atoms with Gasteiger partial charge in [0, 0.05) is 85.4 Å². The molecule has 2 unspecified atom stereocenters. The highest BCUT2D eigenvalue weighted by Gasteiger charge is 2.38. The van der Waals surface area contributed by atoms with Crippen LogP contribution in [0.1, 0.15) is 56.8 Å². The number of nitrogens with two attached hydrogens (primary N) is 2. The number of ether oxygens (including phenoxy) is 4. The van der Waals surface area contributed by atoms with Gasteiger partial charge in [0.25, 0.3) is 0 Å². The lowest BCUT2D eigenvalue weighted by Crippen LogP contribution is -2.45. The number of ketones is 2. The highest BCUT2D eigenvalue weighted by molar-refractivity contribution is 6.33. The molecule has 0 bridgehead atoms. The number of fused-ring (bicyclic) bond motifs is 3. The summed E-state index contributed by atoms with van der Waals surface area (Å²) in [5, 5.41) is 39.1. The van der Waals surface area contributed by atoms with E-state index < -0.39 is 36.5 Å². The molecular weight excluding hydrogens is 1050 g/mol. The number of hydrogen-bond donors (Lipinski definition) is 9. The number of allylic oxidation sites excluding steroid dienone is 1. The van der Waals surface area contributed by atoms with Gasteiger partial charge in [0.2, 0.25) is 11.6 Å². The molecule has 0 saturated carbocycles. The standard InChI is InChI=1S/C58H75F4N11O8/c1-70(2)23-21-67-47-14-15-48(53-52(47)56(76)54-50(74)16-17-51(75)55(54)57(53)77)68-22-24-71(3)25-28-78-30-32-80-33-31-79-29-26-72(64)37-39(63)8-7-27-81-42-11-4-9-40(34-42)66-19-6-10-41-35-43-45(69-46-18-20-65-36-44(46)59)12-5-13-49(43)73(41)38-58(60,61)62/h4-5,9,11-17,34-35,37,44,46,65-69,74-75H,7-8,18-33,36,38,63-64H2,1-3H3/b39-37-. The van der Waals surface area contributed by atoms with E-state index >= 15 is 0 Å². The lowest BCUT2D eigenvalue weighted by molar-refractivity contribution is -0.140. The van der Waals surface area contributed by atoms with Crippen molar-refractivity contribution in [2.75, 3.05) is 148 Å². The Kier molecular flexibility index (Phi) is 22.7. The number of nitrogens with zero attached hydrogens (tertiary/aromatic N) is 4. The molecule has 1 aliphatic heterocycles. The third-order valence-electron chi connectivity index (χ3n) is 13.5. The van der Waals surface area contributed by atoms with Crippen LogP contribution < -0.4 is 42.9 Å². The van der Waals surface area contributed by atoms with Crippen molar-refractivity contribution < 1.29 is 56.3 Å². The number of likely N-dealkylation sites (N-methyl/N-ethyl adjacent to an activating group) is 2. The van der Waals surface area contributed by atoms with Crippen molar-refractivity contribution in [2.24, 2.45) is 11.6 Å². The van der Waals surface area contributed by atoms with E-state index in [2.05, 4.69) is 43.3 Å². The van der Waals surface area contributed by atoms with Gasteiger partial charge in [-0.3, -0.25) is 9.59 Å². The van der Waals surface area contributed by atoms with Crippen molar-refractivity contribution in [3.8, 4) is 29.1 Å². The maximum absolute atomic E-state index is 14.6. The fourth-order valence-electron chi connectivity index (χ4n) is 9.33. The number of aromatic nitrogens is 1. The van der Waals surface area contributed by atoms with Crippen molar-refractivity contribution in [1.82, 2.24) is 24.7 Å². The number of alkyl halides is 4. The van der Waals surface area contributed by atoms with Crippen molar-refractivity contribution in [3.63, 3.8) is 0 Å². The van der Waals surface area contributed by atoms with E-state index in [4.69, 9.17) is 30.5 Å². The molecule has 2 aliphatic rings. The first kappa shape index (κ1) is 61.3. The van der Waals surface area contributed by atoms with Gasteiger partial charge in [-0.2, -0.15) is 13.2 Å². The van der Waals surface area contributed by atoms with Gasteiger partial charge in [-0.05, 0) is 107 Å². The van der Waals surface area contributed by atoms with E-state index in [-0.39, 0.29) is 52.5 Å². The molecule has 2 heterocycles. The Labute approximate surface area is 469 Å². The molecule has 81 heavy (non-hydrogen) atoms. The van der Waals surface area contributed by atoms with Crippen LogP contribution in [0.3, 0.4) is 0 Å². The molecule has 11 N–H and O–H groups in total. The number of phenolic OH excluding ortho intramolecular Hbond substituents is 2. The first-order valence-corrected chi connectivity index (χ1v) is 27.1. The minimum atomic E-state index is -4.48. The molecule has 0 amide bonds. The first-order chi connectivity index (χ1) is 39.0. The third-order valence-corrected chi connectivity index (χ3v) is 13.5. The molecule has 438 valence electrons. The number of carbonyl (C=O) groups is 2. The molecule has 1 saturated heterocycles. The van der Waals surface area contributed by atoms with E-state index in [0.29, 0.717) is 151 Å². The zero-order valence-corrected chi connectivity index (χ0v) is 46.1. The highest BCUT2D eigenvalue weighted by atomic mass is 19.4. The van der Waals surface area contributed by atoms with Crippen LogP contribution in [0.25, 0.3) is 10.9 Å². The largest absolute Gasteiger partial charge is 0.507 e. The minimum absolute atomic E-state index is 0.145. The number of phenols is 2. The van der Waals surface area contributed by atoms with Gasteiger partial charge in [-0.15, -0.1) is 0 Å². The number of benzene rings is 4. The van der Waals surface area contributed by atoms with Crippen LogP contribution in [0.5, 0.6) is 17.2 Å². The van der Waals surface area contributed by atoms with Gasteiger partial charge in [0.05, 0.1) is 98.8 Å². The van der Waals surface area contributed by atoms with Crippen molar-refractivity contribution in [1.29, 1.82) is 0 Å². The number of hydrogen-bond acceptors (Lipinski definition) is 18. The van der Waals surface area contributed by atoms with E-state index in [1.807, 2.05) is 50.3 Å². The Hall–Kier alpha value is -7.30. The van der Waals surface area contributed by atoms with Crippen LogP contribution in [-0.2, 0) is 20.8 Å². The molecule has 1 aromatic heterocycles. The molecule has 0 radical (unpaired) electrons.